The molecule has 0 spiro atoms. The summed E-state index contributed by atoms with van der Waals surface area (Å²) in [5, 5.41) is 1.29. The van der Waals surface area contributed by atoms with Crippen LogP contribution in [0.5, 0.6) is 0 Å². The zero-order valence-electron chi connectivity index (χ0n) is 20.8. The first-order valence-electron chi connectivity index (χ1n) is 12.8. The van der Waals surface area contributed by atoms with Crippen LogP contribution in [0.4, 0.5) is 5.82 Å². The maximum absolute atomic E-state index is 12.8. The molecule has 0 N–H and O–H groups in total. The van der Waals surface area contributed by atoms with Crippen molar-refractivity contribution in [3.05, 3.63) is 52.2 Å². The van der Waals surface area contributed by atoms with Crippen LogP contribution < -0.4 is 4.90 Å². The fraction of sp³-hybridized carbons (Fsp3) is 0.536. The van der Waals surface area contributed by atoms with Crippen molar-refractivity contribution >= 4 is 33.3 Å². The van der Waals surface area contributed by atoms with Gasteiger partial charge in [-0.15, -0.1) is 11.3 Å². The van der Waals surface area contributed by atoms with Crippen molar-refractivity contribution in [3.63, 3.8) is 0 Å². The van der Waals surface area contributed by atoms with E-state index in [1.165, 1.54) is 40.7 Å². The summed E-state index contributed by atoms with van der Waals surface area (Å²) in [5.41, 5.74) is 2.84. The number of aryl methyl sites for hydroxylation is 4. The number of thiophene rings is 1. The molecule has 1 aliphatic carbocycles. The first-order chi connectivity index (χ1) is 16.4. The summed E-state index contributed by atoms with van der Waals surface area (Å²) in [6.07, 6.45) is 7.24. The number of fused-ring (bicyclic) bond motifs is 3. The van der Waals surface area contributed by atoms with Crippen molar-refractivity contribution in [3.8, 4) is 0 Å². The molecule has 2 aliphatic rings. The maximum Gasteiger partial charge on any atom is 0.223 e. The second-order valence-electron chi connectivity index (χ2n) is 10.9. The van der Waals surface area contributed by atoms with E-state index in [0.29, 0.717) is 6.42 Å². The first kappa shape index (κ1) is 23.3. The molecule has 6 heteroatoms. The molecule has 5 rings (SSSR count). The van der Waals surface area contributed by atoms with Gasteiger partial charge in [0.2, 0.25) is 5.91 Å². The van der Waals surface area contributed by atoms with Crippen LogP contribution in [0.1, 0.15) is 61.9 Å². The van der Waals surface area contributed by atoms with E-state index >= 15 is 0 Å². The van der Waals surface area contributed by atoms with E-state index in [1.807, 2.05) is 16.2 Å². The van der Waals surface area contributed by atoms with Gasteiger partial charge in [0, 0.05) is 43.9 Å². The SMILES string of the molecule is CC(C)(C)CC(=O)N1CCN(c2nc(CCc3ccccc3)nc3sc4c(c23)CCCC4)CC1. The van der Waals surface area contributed by atoms with Gasteiger partial charge in [0.05, 0.1) is 5.39 Å². The second-order valence-corrected chi connectivity index (χ2v) is 12.0. The summed E-state index contributed by atoms with van der Waals surface area (Å²) in [5.74, 6) is 2.32. The van der Waals surface area contributed by atoms with E-state index in [1.54, 1.807) is 0 Å². The summed E-state index contributed by atoms with van der Waals surface area (Å²) in [4.78, 5) is 30.1. The third-order valence-electron chi connectivity index (χ3n) is 6.94. The molecule has 0 radical (unpaired) electrons. The molecule has 0 unspecified atom stereocenters. The average molecular weight is 477 g/mol. The Labute approximate surface area is 207 Å². The van der Waals surface area contributed by atoms with Crippen molar-refractivity contribution in [2.45, 2.75) is 65.7 Å². The summed E-state index contributed by atoms with van der Waals surface area (Å²) < 4.78 is 0. The molecule has 1 amide bonds. The molecular weight excluding hydrogens is 440 g/mol. The lowest BCUT2D eigenvalue weighted by Gasteiger charge is -2.37. The topological polar surface area (TPSA) is 49.3 Å². The molecule has 3 aromatic rings. The molecule has 2 aromatic heterocycles. The first-order valence-corrected chi connectivity index (χ1v) is 13.6. The molecule has 180 valence electrons. The van der Waals surface area contributed by atoms with E-state index in [0.717, 1.165) is 61.9 Å². The monoisotopic (exact) mass is 476 g/mol. The zero-order chi connectivity index (χ0) is 23.7. The lowest BCUT2D eigenvalue weighted by molar-refractivity contribution is -0.133. The molecule has 0 saturated carbocycles. The highest BCUT2D eigenvalue weighted by Gasteiger charge is 2.28. The van der Waals surface area contributed by atoms with Gasteiger partial charge in [-0.05, 0) is 48.6 Å². The Morgan fingerprint density at radius 1 is 0.971 bits per heavy atom. The minimum atomic E-state index is 0.0242. The minimum absolute atomic E-state index is 0.0242. The average Bonchev–Trinajstić information content (AvgIpc) is 3.20. The molecule has 0 bridgehead atoms. The van der Waals surface area contributed by atoms with Gasteiger partial charge in [0.25, 0.3) is 0 Å². The summed E-state index contributed by atoms with van der Waals surface area (Å²) in [6, 6.07) is 10.6. The van der Waals surface area contributed by atoms with Crippen molar-refractivity contribution < 1.29 is 4.79 Å². The highest BCUT2D eigenvalue weighted by molar-refractivity contribution is 7.19. The lowest BCUT2D eigenvalue weighted by Crippen LogP contribution is -2.49. The van der Waals surface area contributed by atoms with Crippen LogP contribution in [-0.4, -0.2) is 47.0 Å². The van der Waals surface area contributed by atoms with Gasteiger partial charge >= 0.3 is 0 Å². The Bertz CT molecular complexity index is 1160. The number of rotatable bonds is 5. The second kappa shape index (κ2) is 9.65. The summed E-state index contributed by atoms with van der Waals surface area (Å²) in [6.45, 7) is 9.62. The van der Waals surface area contributed by atoms with Crippen molar-refractivity contribution in [1.29, 1.82) is 0 Å². The molecule has 1 fully saturated rings. The van der Waals surface area contributed by atoms with Crippen LogP contribution in [0.2, 0.25) is 0 Å². The fourth-order valence-electron chi connectivity index (χ4n) is 5.16. The number of benzene rings is 1. The quantitative estimate of drug-likeness (QED) is 0.492. The van der Waals surface area contributed by atoms with Crippen LogP contribution >= 0.6 is 11.3 Å². The molecule has 1 aliphatic heterocycles. The van der Waals surface area contributed by atoms with Crippen LogP contribution in [0.15, 0.2) is 30.3 Å². The maximum atomic E-state index is 12.8. The van der Waals surface area contributed by atoms with Gasteiger partial charge in [-0.2, -0.15) is 0 Å². The molecule has 5 nitrogen and oxygen atoms in total. The van der Waals surface area contributed by atoms with Gasteiger partial charge in [0.15, 0.2) is 0 Å². The largest absolute Gasteiger partial charge is 0.352 e. The zero-order valence-corrected chi connectivity index (χ0v) is 21.6. The minimum Gasteiger partial charge on any atom is -0.352 e. The predicted molar refractivity (Wildman–Crippen MR) is 141 cm³/mol. The number of amides is 1. The predicted octanol–water partition coefficient (Wildman–Crippen LogP) is 5.44. The third-order valence-corrected chi connectivity index (χ3v) is 8.12. The van der Waals surface area contributed by atoms with E-state index in [4.69, 9.17) is 9.97 Å². The Balaban J connectivity index is 1.41. The van der Waals surface area contributed by atoms with Gasteiger partial charge in [-0.3, -0.25) is 4.79 Å². The molecule has 1 aromatic carbocycles. The molecule has 1 saturated heterocycles. The van der Waals surface area contributed by atoms with E-state index < -0.39 is 0 Å². The van der Waals surface area contributed by atoms with Gasteiger partial charge in [-0.1, -0.05) is 51.1 Å². The van der Waals surface area contributed by atoms with Crippen LogP contribution in [0.3, 0.4) is 0 Å². The highest BCUT2D eigenvalue weighted by Crippen LogP contribution is 2.40. The van der Waals surface area contributed by atoms with E-state index in [-0.39, 0.29) is 11.3 Å². The third kappa shape index (κ3) is 5.12. The van der Waals surface area contributed by atoms with Crippen molar-refractivity contribution in [2.75, 3.05) is 31.1 Å². The lowest BCUT2D eigenvalue weighted by atomic mass is 9.91. The standard InChI is InChI=1S/C28H36N4OS/c1-28(2,3)19-24(33)31-15-17-32(18-16-31)26-25-21-11-7-8-12-22(21)34-27(25)30-23(29-26)14-13-20-9-5-4-6-10-20/h4-6,9-10H,7-8,11-19H2,1-3H3. The van der Waals surface area contributed by atoms with E-state index in [9.17, 15) is 4.79 Å². The van der Waals surface area contributed by atoms with Gasteiger partial charge < -0.3 is 9.80 Å². The Kier molecular flexibility index (Phi) is 6.61. The number of anilines is 1. The molecule has 3 heterocycles. The smallest absolute Gasteiger partial charge is 0.223 e. The van der Waals surface area contributed by atoms with Crippen molar-refractivity contribution in [1.82, 2.24) is 14.9 Å². The van der Waals surface area contributed by atoms with Crippen molar-refractivity contribution in [2.24, 2.45) is 5.41 Å². The number of hydrogen-bond donors (Lipinski definition) is 0. The molecule has 0 atom stereocenters. The molecule has 34 heavy (non-hydrogen) atoms. The number of piperazine rings is 1. The summed E-state index contributed by atoms with van der Waals surface area (Å²) in [7, 11) is 0. The van der Waals surface area contributed by atoms with Gasteiger partial charge in [0.1, 0.15) is 16.5 Å². The van der Waals surface area contributed by atoms with Crippen LogP contribution in [0.25, 0.3) is 10.2 Å². The Morgan fingerprint density at radius 2 is 1.71 bits per heavy atom. The highest BCUT2D eigenvalue weighted by atomic mass is 32.1. The number of aromatic nitrogens is 2. The number of carbonyl (C=O) groups excluding carboxylic acids is 1. The molecular formula is C28H36N4OS. The normalized spacial score (nSPS) is 16.7. The Morgan fingerprint density at radius 3 is 2.44 bits per heavy atom. The van der Waals surface area contributed by atoms with Crippen LogP contribution in [-0.2, 0) is 30.5 Å². The van der Waals surface area contributed by atoms with Crippen LogP contribution in [0, 0.1) is 5.41 Å². The number of carbonyl (C=O) groups is 1. The number of hydrogen-bond acceptors (Lipinski definition) is 5. The van der Waals surface area contributed by atoms with E-state index in [2.05, 4.69) is 56.0 Å². The Hall–Kier alpha value is -2.47. The number of nitrogens with zero attached hydrogens (tertiary/aromatic N) is 4. The van der Waals surface area contributed by atoms with Gasteiger partial charge in [-0.25, -0.2) is 9.97 Å². The summed E-state index contributed by atoms with van der Waals surface area (Å²) >= 11 is 1.88. The fourth-order valence-corrected chi connectivity index (χ4v) is 6.43.